The predicted molar refractivity (Wildman–Crippen MR) is 97.6 cm³/mol. The Hall–Kier alpha value is -3.28. The van der Waals surface area contributed by atoms with Gasteiger partial charge in [0.2, 0.25) is 0 Å². The molecule has 0 radical (unpaired) electrons. The fraction of sp³-hybridized carbons (Fsp3) is 0.200. The van der Waals surface area contributed by atoms with E-state index >= 15 is 0 Å². The zero-order chi connectivity index (χ0) is 18.4. The number of nitrogens with one attached hydrogen (secondary N) is 2. The molecule has 1 aromatic heterocycles. The molecule has 3 aromatic rings. The van der Waals surface area contributed by atoms with Crippen molar-refractivity contribution in [2.45, 2.75) is 19.1 Å². The lowest BCUT2D eigenvalue weighted by Gasteiger charge is -2.16. The minimum absolute atomic E-state index is 0.135. The van der Waals surface area contributed by atoms with Crippen molar-refractivity contribution < 1.29 is 19.1 Å². The third kappa shape index (κ3) is 4.42. The summed E-state index contributed by atoms with van der Waals surface area (Å²) in [6.45, 7) is 0.135. The summed E-state index contributed by atoms with van der Waals surface area (Å²) in [5.74, 6) is -0.518. The standard InChI is InChI=1S/C20H20N2O4/c1-25-19(23)18(12-15-7-8-17-16(11-15)9-10-21-17)22-20(24)26-13-14-5-3-2-4-6-14/h2-11,18,21H,12-13H2,1H3,(H,22,24)/t18-/m0/s1. The Morgan fingerprint density at radius 3 is 2.65 bits per heavy atom. The first-order valence-electron chi connectivity index (χ1n) is 8.27. The summed E-state index contributed by atoms with van der Waals surface area (Å²) in [7, 11) is 1.29. The van der Waals surface area contributed by atoms with Crippen LogP contribution >= 0.6 is 0 Å². The first-order chi connectivity index (χ1) is 12.7. The van der Waals surface area contributed by atoms with Gasteiger partial charge >= 0.3 is 12.1 Å². The van der Waals surface area contributed by atoms with E-state index in [4.69, 9.17) is 9.47 Å². The van der Waals surface area contributed by atoms with Gasteiger partial charge in [0.05, 0.1) is 7.11 Å². The Morgan fingerprint density at radius 2 is 1.88 bits per heavy atom. The van der Waals surface area contributed by atoms with E-state index < -0.39 is 18.1 Å². The third-order valence-electron chi connectivity index (χ3n) is 4.05. The molecule has 0 aliphatic carbocycles. The van der Waals surface area contributed by atoms with Gasteiger partial charge in [-0.25, -0.2) is 9.59 Å². The summed E-state index contributed by atoms with van der Waals surface area (Å²) < 4.78 is 9.99. The van der Waals surface area contributed by atoms with Crippen LogP contribution in [-0.4, -0.2) is 30.2 Å². The van der Waals surface area contributed by atoms with E-state index in [0.29, 0.717) is 6.42 Å². The molecule has 0 aliphatic heterocycles. The van der Waals surface area contributed by atoms with Crippen molar-refractivity contribution in [1.29, 1.82) is 0 Å². The first kappa shape index (κ1) is 17.5. The van der Waals surface area contributed by atoms with Gasteiger partial charge in [0.1, 0.15) is 12.6 Å². The number of hydrogen-bond acceptors (Lipinski definition) is 4. The minimum Gasteiger partial charge on any atom is -0.467 e. The molecule has 0 saturated heterocycles. The predicted octanol–water partition coefficient (Wildman–Crippen LogP) is 3.18. The molecule has 0 fully saturated rings. The van der Waals surface area contributed by atoms with Crippen molar-refractivity contribution >= 4 is 23.0 Å². The van der Waals surface area contributed by atoms with Crippen LogP contribution in [0.4, 0.5) is 4.79 Å². The lowest BCUT2D eigenvalue weighted by atomic mass is 10.0. The molecule has 2 N–H and O–H groups in total. The van der Waals surface area contributed by atoms with Gasteiger partial charge in [-0.05, 0) is 34.7 Å². The minimum atomic E-state index is -0.820. The van der Waals surface area contributed by atoms with Crippen LogP contribution in [0.15, 0.2) is 60.8 Å². The van der Waals surface area contributed by atoms with Crippen LogP contribution in [0.5, 0.6) is 0 Å². The van der Waals surface area contributed by atoms with E-state index in [2.05, 4.69) is 10.3 Å². The molecule has 0 saturated carbocycles. The van der Waals surface area contributed by atoms with Crippen LogP contribution < -0.4 is 5.32 Å². The lowest BCUT2D eigenvalue weighted by molar-refractivity contribution is -0.143. The van der Waals surface area contributed by atoms with Crippen molar-refractivity contribution in [2.75, 3.05) is 7.11 Å². The third-order valence-corrected chi connectivity index (χ3v) is 4.05. The number of hydrogen-bond donors (Lipinski definition) is 2. The highest BCUT2D eigenvalue weighted by atomic mass is 16.6. The van der Waals surface area contributed by atoms with Crippen LogP contribution in [-0.2, 0) is 27.3 Å². The van der Waals surface area contributed by atoms with Crippen molar-refractivity contribution in [2.24, 2.45) is 0 Å². The second kappa shape index (κ2) is 8.20. The van der Waals surface area contributed by atoms with E-state index in [1.807, 2.05) is 60.8 Å². The number of rotatable bonds is 6. The van der Waals surface area contributed by atoms with Gasteiger partial charge in [0.15, 0.2) is 0 Å². The maximum absolute atomic E-state index is 12.1. The summed E-state index contributed by atoms with van der Waals surface area (Å²) in [6, 6.07) is 16.3. The van der Waals surface area contributed by atoms with Crippen molar-refractivity contribution in [1.82, 2.24) is 10.3 Å². The number of aromatic nitrogens is 1. The van der Waals surface area contributed by atoms with Gasteiger partial charge in [-0.1, -0.05) is 36.4 Å². The summed E-state index contributed by atoms with van der Waals surface area (Å²) in [5.41, 5.74) is 2.80. The molecule has 0 bridgehead atoms. The number of alkyl carbamates (subject to hydrolysis) is 1. The normalized spacial score (nSPS) is 11.7. The maximum atomic E-state index is 12.1. The van der Waals surface area contributed by atoms with Gasteiger partial charge in [-0.3, -0.25) is 0 Å². The molecule has 0 spiro atoms. The average Bonchev–Trinajstić information content (AvgIpc) is 3.14. The number of fused-ring (bicyclic) bond motifs is 1. The molecular weight excluding hydrogens is 332 g/mol. The highest BCUT2D eigenvalue weighted by molar-refractivity contribution is 5.83. The van der Waals surface area contributed by atoms with E-state index in [1.54, 1.807) is 0 Å². The Labute approximate surface area is 151 Å². The van der Waals surface area contributed by atoms with Gasteiger partial charge < -0.3 is 19.8 Å². The number of aromatic amines is 1. The van der Waals surface area contributed by atoms with Crippen LogP contribution in [0.2, 0.25) is 0 Å². The number of ether oxygens (including phenoxy) is 2. The molecule has 134 valence electrons. The molecule has 6 nitrogen and oxygen atoms in total. The van der Waals surface area contributed by atoms with E-state index in [-0.39, 0.29) is 6.61 Å². The zero-order valence-corrected chi connectivity index (χ0v) is 14.4. The maximum Gasteiger partial charge on any atom is 0.408 e. The second-order valence-electron chi connectivity index (χ2n) is 5.89. The Bertz CT molecular complexity index is 889. The Morgan fingerprint density at radius 1 is 1.08 bits per heavy atom. The van der Waals surface area contributed by atoms with Crippen LogP contribution in [0.1, 0.15) is 11.1 Å². The summed E-state index contributed by atoms with van der Waals surface area (Å²) in [6.07, 6.45) is 1.51. The molecule has 1 atom stereocenters. The highest BCUT2D eigenvalue weighted by Crippen LogP contribution is 2.16. The van der Waals surface area contributed by atoms with E-state index in [0.717, 1.165) is 22.0 Å². The lowest BCUT2D eigenvalue weighted by Crippen LogP contribution is -2.43. The van der Waals surface area contributed by atoms with E-state index in [1.165, 1.54) is 7.11 Å². The molecule has 6 heteroatoms. The number of esters is 1. The number of methoxy groups -OCH3 is 1. The summed E-state index contributed by atoms with van der Waals surface area (Å²) in [5, 5.41) is 3.62. The number of carbonyl (C=O) groups excluding carboxylic acids is 2. The van der Waals surface area contributed by atoms with Crippen molar-refractivity contribution in [3.05, 3.63) is 71.9 Å². The van der Waals surface area contributed by atoms with Gasteiger partial charge in [-0.2, -0.15) is 0 Å². The summed E-state index contributed by atoms with van der Waals surface area (Å²) >= 11 is 0. The molecule has 26 heavy (non-hydrogen) atoms. The monoisotopic (exact) mass is 352 g/mol. The first-order valence-corrected chi connectivity index (χ1v) is 8.27. The number of amides is 1. The topological polar surface area (TPSA) is 80.4 Å². The van der Waals surface area contributed by atoms with Gasteiger partial charge in [-0.15, -0.1) is 0 Å². The Kier molecular flexibility index (Phi) is 5.53. The number of H-pyrrole nitrogens is 1. The van der Waals surface area contributed by atoms with Crippen LogP contribution in [0, 0.1) is 0 Å². The number of carbonyl (C=O) groups is 2. The largest absolute Gasteiger partial charge is 0.467 e. The molecule has 0 aliphatic rings. The highest BCUT2D eigenvalue weighted by Gasteiger charge is 2.23. The van der Waals surface area contributed by atoms with Gasteiger partial charge in [0, 0.05) is 18.1 Å². The molecule has 1 heterocycles. The van der Waals surface area contributed by atoms with Crippen LogP contribution in [0.3, 0.4) is 0 Å². The van der Waals surface area contributed by atoms with Crippen LogP contribution in [0.25, 0.3) is 10.9 Å². The molecule has 1 amide bonds. The molecule has 3 rings (SSSR count). The molecule has 2 aromatic carbocycles. The van der Waals surface area contributed by atoms with E-state index in [9.17, 15) is 9.59 Å². The van der Waals surface area contributed by atoms with Crippen molar-refractivity contribution in [3.8, 4) is 0 Å². The smallest absolute Gasteiger partial charge is 0.408 e. The Balaban J connectivity index is 1.63. The molecular formula is C20H20N2O4. The SMILES string of the molecule is COC(=O)[C@H](Cc1ccc2[nH]ccc2c1)NC(=O)OCc1ccccc1. The van der Waals surface area contributed by atoms with Gasteiger partial charge in [0.25, 0.3) is 0 Å². The zero-order valence-electron chi connectivity index (χ0n) is 14.4. The fourth-order valence-corrected chi connectivity index (χ4v) is 2.71. The quantitative estimate of drug-likeness (QED) is 0.668. The second-order valence-corrected chi connectivity index (χ2v) is 5.89. The van der Waals surface area contributed by atoms with Crippen molar-refractivity contribution in [3.63, 3.8) is 0 Å². The fourth-order valence-electron chi connectivity index (χ4n) is 2.71. The average molecular weight is 352 g/mol. The number of benzene rings is 2. The summed E-state index contributed by atoms with van der Waals surface area (Å²) in [4.78, 5) is 27.2. The molecule has 0 unspecified atom stereocenters.